The van der Waals surface area contributed by atoms with Crippen LogP contribution in [-0.4, -0.2) is 5.75 Å². The molecule has 0 heterocycles. The van der Waals surface area contributed by atoms with Crippen molar-refractivity contribution in [1.82, 2.24) is 0 Å². The molecule has 0 saturated heterocycles. The van der Waals surface area contributed by atoms with Crippen LogP contribution in [0, 0.1) is 0 Å². The van der Waals surface area contributed by atoms with E-state index < -0.39 is 0 Å². The molecule has 0 unspecified atom stereocenters. The fourth-order valence-electron chi connectivity index (χ4n) is 0.267. The summed E-state index contributed by atoms with van der Waals surface area (Å²) in [5, 5.41) is 0. The third-order valence-corrected chi connectivity index (χ3v) is 0.786. The van der Waals surface area contributed by atoms with Gasteiger partial charge < -0.3 is 0 Å². The highest BCUT2D eigenvalue weighted by Crippen LogP contribution is 1.83. The number of hydrogen-bond donors (Lipinski definition) is 1. The predicted octanol–water partition coefficient (Wildman–Crippen LogP) is 2.05. The van der Waals surface area contributed by atoms with Gasteiger partial charge in [-0.2, -0.15) is 12.6 Å². The quantitative estimate of drug-likeness (QED) is 0.421. The van der Waals surface area contributed by atoms with Crippen LogP contribution in [0.5, 0.6) is 0 Å². The Labute approximate surface area is 50.3 Å². The highest BCUT2D eigenvalue weighted by Gasteiger charge is 1.63. The zero-order valence-corrected chi connectivity index (χ0v) is 5.20. The Balaban J connectivity index is 2.92. The molecule has 0 aromatic carbocycles. The number of thiol groups is 1. The molecule has 0 radical (unpaired) electrons. The molecule has 0 aliphatic rings. The Morgan fingerprint density at radius 1 is 1.43 bits per heavy atom. The smallest absolute Gasteiger partial charge is 0.00826 e. The zero-order chi connectivity index (χ0) is 5.54. The molecule has 0 aromatic rings. The average Bonchev–Trinajstić information content (AvgIpc) is 1.69. The Morgan fingerprint density at radius 3 is 2.57 bits per heavy atom. The van der Waals surface area contributed by atoms with Gasteiger partial charge in [0.05, 0.1) is 0 Å². The van der Waals surface area contributed by atoms with Gasteiger partial charge in [0, 0.05) is 5.75 Å². The first kappa shape index (κ1) is 6.83. The maximum atomic E-state index is 3.97. The van der Waals surface area contributed by atoms with Crippen LogP contribution < -0.4 is 0 Å². The first-order valence-electron chi connectivity index (χ1n) is 2.28. The summed E-state index contributed by atoms with van der Waals surface area (Å²) in [6.07, 6.45) is 6.87. The fraction of sp³-hybridized carbons (Fsp3) is 0.333. The van der Waals surface area contributed by atoms with Gasteiger partial charge in [-0.3, -0.25) is 0 Å². The summed E-state index contributed by atoms with van der Waals surface area (Å²) in [6.45, 7) is 3.56. The average molecular weight is 114 g/mol. The Kier molecular flexibility index (Phi) is 5.69. The van der Waals surface area contributed by atoms with E-state index >= 15 is 0 Å². The van der Waals surface area contributed by atoms with Crippen molar-refractivity contribution in [1.29, 1.82) is 0 Å². The van der Waals surface area contributed by atoms with Gasteiger partial charge in [-0.1, -0.05) is 18.2 Å². The molecule has 0 aliphatic heterocycles. The molecule has 0 N–H and O–H groups in total. The van der Waals surface area contributed by atoms with Crippen molar-refractivity contribution < 1.29 is 0 Å². The van der Waals surface area contributed by atoms with E-state index in [2.05, 4.69) is 19.2 Å². The summed E-state index contributed by atoms with van der Waals surface area (Å²) in [4.78, 5) is 0. The van der Waals surface area contributed by atoms with E-state index in [0.717, 1.165) is 12.2 Å². The summed E-state index contributed by atoms with van der Waals surface area (Å²) in [7, 11) is 0. The van der Waals surface area contributed by atoms with E-state index in [1.165, 1.54) is 0 Å². The summed E-state index contributed by atoms with van der Waals surface area (Å²) >= 11 is 3.97. The molecule has 0 nitrogen and oxygen atoms in total. The molecule has 7 heavy (non-hydrogen) atoms. The van der Waals surface area contributed by atoms with Crippen molar-refractivity contribution in [3.8, 4) is 0 Å². The summed E-state index contributed by atoms with van der Waals surface area (Å²) < 4.78 is 0. The Morgan fingerprint density at radius 2 is 2.14 bits per heavy atom. The molecule has 0 fully saturated rings. The first-order chi connectivity index (χ1) is 3.41. The predicted molar refractivity (Wildman–Crippen MR) is 37.8 cm³/mol. The largest absolute Gasteiger partial charge is 0.175 e. The van der Waals surface area contributed by atoms with E-state index in [1.54, 1.807) is 0 Å². The van der Waals surface area contributed by atoms with Gasteiger partial charge in [-0.15, -0.1) is 6.58 Å². The number of rotatable bonds is 3. The van der Waals surface area contributed by atoms with Gasteiger partial charge >= 0.3 is 0 Å². The van der Waals surface area contributed by atoms with Crippen molar-refractivity contribution in [2.24, 2.45) is 0 Å². The number of hydrogen-bond acceptors (Lipinski definition) is 1. The molecular weight excluding hydrogens is 104 g/mol. The second kappa shape index (κ2) is 5.83. The van der Waals surface area contributed by atoms with Gasteiger partial charge in [0.15, 0.2) is 0 Å². The lowest BCUT2D eigenvalue weighted by molar-refractivity contribution is 1.39. The monoisotopic (exact) mass is 114 g/mol. The molecule has 0 aliphatic carbocycles. The van der Waals surface area contributed by atoms with Gasteiger partial charge in [0.1, 0.15) is 0 Å². The van der Waals surface area contributed by atoms with E-state index in [0.29, 0.717) is 0 Å². The van der Waals surface area contributed by atoms with Crippen LogP contribution in [0.3, 0.4) is 0 Å². The second-order valence-corrected chi connectivity index (χ2v) is 1.54. The maximum Gasteiger partial charge on any atom is 0.00826 e. The maximum absolute atomic E-state index is 3.97. The molecule has 0 atom stereocenters. The molecule has 0 amide bonds. The molecule has 40 valence electrons. The normalized spacial score (nSPS) is 9.86. The van der Waals surface area contributed by atoms with Crippen molar-refractivity contribution in [2.75, 3.05) is 5.75 Å². The van der Waals surface area contributed by atoms with Crippen molar-refractivity contribution in [3.63, 3.8) is 0 Å². The van der Waals surface area contributed by atoms with Crippen molar-refractivity contribution >= 4 is 12.6 Å². The van der Waals surface area contributed by atoms with Gasteiger partial charge in [0.25, 0.3) is 0 Å². The molecule has 0 saturated carbocycles. The minimum atomic E-state index is 0.827. The van der Waals surface area contributed by atoms with E-state index in [9.17, 15) is 0 Å². The van der Waals surface area contributed by atoms with Crippen LogP contribution in [0.15, 0.2) is 24.8 Å². The molecule has 0 bridgehead atoms. The van der Waals surface area contributed by atoms with Gasteiger partial charge in [-0.25, -0.2) is 0 Å². The number of allylic oxidation sites excluding steroid dienone is 2. The van der Waals surface area contributed by atoms with Gasteiger partial charge in [0.2, 0.25) is 0 Å². The second-order valence-electron chi connectivity index (χ2n) is 1.18. The van der Waals surface area contributed by atoms with Crippen LogP contribution in [-0.2, 0) is 0 Å². The first-order valence-corrected chi connectivity index (χ1v) is 2.92. The third-order valence-electron chi connectivity index (χ3n) is 0.575. The minimum Gasteiger partial charge on any atom is -0.175 e. The molecule has 0 aromatic heterocycles. The lowest BCUT2D eigenvalue weighted by Crippen LogP contribution is -1.58. The molecule has 0 spiro atoms. The van der Waals surface area contributed by atoms with E-state index in [4.69, 9.17) is 0 Å². The highest BCUT2D eigenvalue weighted by atomic mass is 32.1. The minimum absolute atomic E-state index is 0.827. The third kappa shape index (κ3) is 5.83. The van der Waals surface area contributed by atoms with Crippen LogP contribution in [0.25, 0.3) is 0 Å². The lowest BCUT2D eigenvalue weighted by atomic mass is 10.4. The van der Waals surface area contributed by atoms with Crippen LogP contribution in [0.1, 0.15) is 6.42 Å². The topological polar surface area (TPSA) is 0 Å². The van der Waals surface area contributed by atoms with Crippen LogP contribution >= 0.6 is 12.6 Å². The summed E-state index contributed by atoms with van der Waals surface area (Å²) in [6, 6.07) is 0. The SMILES string of the molecule is C=CC/C=C/CS. The van der Waals surface area contributed by atoms with E-state index in [-0.39, 0.29) is 0 Å². The summed E-state index contributed by atoms with van der Waals surface area (Å²) in [5.74, 6) is 0.827. The molecular formula is C6H10S. The summed E-state index contributed by atoms with van der Waals surface area (Å²) in [5.41, 5.74) is 0. The Bertz CT molecular complexity index is 64.6. The van der Waals surface area contributed by atoms with Crippen LogP contribution in [0.2, 0.25) is 0 Å². The Hall–Kier alpha value is -0.170. The molecule has 1 heteroatoms. The van der Waals surface area contributed by atoms with Gasteiger partial charge in [-0.05, 0) is 6.42 Å². The van der Waals surface area contributed by atoms with E-state index in [1.807, 2.05) is 18.2 Å². The zero-order valence-electron chi connectivity index (χ0n) is 4.30. The highest BCUT2D eigenvalue weighted by molar-refractivity contribution is 7.80. The molecule has 0 rings (SSSR count). The lowest BCUT2D eigenvalue weighted by Gasteiger charge is -1.74. The van der Waals surface area contributed by atoms with Crippen molar-refractivity contribution in [2.45, 2.75) is 6.42 Å². The van der Waals surface area contributed by atoms with Crippen molar-refractivity contribution in [3.05, 3.63) is 24.8 Å². The van der Waals surface area contributed by atoms with Crippen LogP contribution in [0.4, 0.5) is 0 Å². The fourth-order valence-corrected chi connectivity index (χ4v) is 0.416. The standard InChI is InChI=1S/C6H10S/c1-2-3-4-5-6-7/h2,4-5,7H,1,3,6H2/b5-4+.